The van der Waals surface area contributed by atoms with Crippen LogP contribution < -0.4 is 0 Å². The first-order chi connectivity index (χ1) is 6.11. The van der Waals surface area contributed by atoms with Gasteiger partial charge in [-0.2, -0.15) is 0 Å². The van der Waals surface area contributed by atoms with Gasteiger partial charge in [-0.1, -0.05) is 43.7 Å². The highest BCUT2D eigenvalue weighted by Crippen LogP contribution is 2.13. The van der Waals surface area contributed by atoms with Crippen molar-refractivity contribution in [3.8, 4) is 0 Å². The molecule has 0 aliphatic carbocycles. The maximum atomic E-state index is 4.76. The fourth-order valence-electron chi connectivity index (χ4n) is 0.951. The van der Waals surface area contributed by atoms with E-state index in [1.165, 1.54) is 11.1 Å². The van der Waals surface area contributed by atoms with Crippen molar-refractivity contribution in [2.45, 2.75) is 26.7 Å². The molecule has 0 aliphatic rings. The second-order valence-electron chi connectivity index (χ2n) is 3.17. The summed E-state index contributed by atoms with van der Waals surface area (Å²) in [5.41, 5.74) is 2.76. The van der Waals surface area contributed by atoms with Crippen LogP contribution in [0.3, 0.4) is 0 Å². The zero-order valence-corrected chi connectivity index (χ0v) is 9.86. The summed E-state index contributed by atoms with van der Waals surface area (Å²) in [6, 6.07) is 8.71. The van der Waals surface area contributed by atoms with E-state index in [9.17, 15) is 0 Å². The number of hydrogen-bond donors (Lipinski definition) is 0. The molecule has 0 saturated carbocycles. The molecule has 0 N–H and O–H groups in total. The lowest BCUT2D eigenvalue weighted by atomic mass is 10.0. The van der Waals surface area contributed by atoms with Gasteiger partial charge in [-0.3, -0.25) is 0 Å². The number of alkyl halides is 2. The summed E-state index contributed by atoms with van der Waals surface area (Å²) in [5.74, 6) is 0.653. The molecule has 1 rings (SSSR count). The summed E-state index contributed by atoms with van der Waals surface area (Å²) in [6.07, 6.45) is 0. The van der Waals surface area contributed by atoms with Gasteiger partial charge < -0.3 is 0 Å². The van der Waals surface area contributed by atoms with Crippen LogP contribution in [-0.4, -0.2) is 5.34 Å². The molecule has 0 aromatic heterocycles. The molecule has 13 heavy (non-hydrogen) atoms. The maximum Gasteiger partial charge on any atom is 0.0967 e. The second kappa shape index (κ2) is 7.23. The van der Waals surface area contributed by atoms with Gasteiger partial charge in [0.25, 0.3) is 0 Å². The van der Waals surface area contributed by atoms with Gasteiger partial charge in [-0.25, -0.2) is 0 Å². The molecule has 0 amide bonds. The minimum Gasteiger partial charge on any atom is -0.109 e. The van der Waals surface area contributed by atoms with Crippen LogP contribution in [0.25, 0.3) is 0 Å². The molecule has 2 heteroatoms. The molecule has 0 unspecified atom stereocenters. The van der Waals surface area contributed by atoms with E-state index in [2.05, 4.69) is 45.0 Å². The highest BCUT2D eigenvalue weighted by molar-refractivity contribution is 6.40. The zero-order valence-electron chi connectivity index (χ0n) is 8.35. The van der Waals surface area contributed by atoms with Gasteiger partial charge in [0.05, 0.1) is 5.34 Å². The highest BCUT2D eigenvalue weighted by Gasteiger charge is 1.95. The van der Waals surface area contributed by atoms with E-state index >= 15 is 0 Å². The van der Waals surface area contributed by atoms with Gasteiger partial charge in [0.2, 0.25) is 0 Å². The molecular formula is C11H16Cl2. The Labute approximate surface area is 90.9 Å². The van der Waals surface area contributed by atoms with Gasteiger partial charge in [0, 0.05) is 0 Å². The van der Waals surface area contributed by atoms with Crippen LogP contribution in [0.4, 0.5) is 0 Å². The van der Waals surface area contributed by atoms with E-state index in [-0.39, 0.29) is 5.34 Å². The van der Waals surface area contributed by atoms with E-state index in [0.717, 1.165) is 0 Å². The minimum absolute atomic E-state index is 0.194. The summed E-state index contributed by atoms with van der Waals surface area (Å²) < 4.78 is 0. The average Bonchev–Trinajstić information content (AvgIpc) is 2.06. The molecule has 0 radical (unpaired) electrons. The van der Waals surface area contributed by atoms with Crippen molar-refractivity contribution in [1.29, 1.82) is 0 Å². The van der Waals surface area contributed by atoms with Crippen LogP contribution in [0.1, 0.15) is 30.9 Å². The van der Waals surface area contributed by atoms with Crippen molar-refractivity contribution < 1.29 is 0 Å². The Morgan fingerprint density at radius 2 is 1.46 bits per heavy atom. The van der Waals surface area contributed by atoms with E-state index in [1.54, 1.807) is 0 Å². The fourth-order valence-corrected chi connectivity index (χ4v) is 0.951. The fraction of sp³-hybridized carbons (Fsp3) is 0.455. The first kappa shape index (κ1) is 12.8. The van der Waals surface area contributed by atoms with Crippen LogP contribution in [-0.2, 0) is 0 Å². The number of hydrogen-bond acceptors (Lipinski definition) is 0. The van der Waals surface area contributed by atoms with Crippen LogP contribution in [0.15, 0.2) is 24.3 Å². The van der Waals surface area contributed by atoms with E-state index < -0.39 is 0 Å². The van der Waals surface area contributed by atoms with Crippen molar-refractivity contribution in [2.24, 2.45) is 0 Å². The molecule has 1 aromatic carbocycles. The standard InChI is InChI=1S/C10H14.CH2Cl2/c1-8(2)10-6-4-9(3)5-7-10;2-1-3/h4-8H,1-3H3;1H2. The lowest BCUT2D eigenvalue weighted by molar-refractivity contribution is 0.866. The Kier molecular flexibility index (Phi) is 7.12. The van der Waals surface area contributed by atoms with E-state index in [4.69, 9.17) is 23.2 Å². The first-order valence-electron chi connectivity index (χ1n) is 4.30. The molecular weight excluding hydrogens is 203 g/mol. The molecule has 0 saturated heterocycles. The summed E-state index contributed by atoms with van der Waals surface area (Å²) in [4.78, 5) is 0. The van der Waals surface area contributed by atoms with Crippen molar-refractivity contribution in [1.82, 2.24) is 0 Å². The summed E-state index contributed by atoms with van der Waals surface area (Å²) >= 11 is 9.53. The normalized spacial score (nSPS) is 9.38. The van der Waals surface area contributed by atoms with E-state index in [0.29, 0.717) is 5.92 Å². The van der Waals surface area contributed by atoms with Crippen molar-refractivity contribution >= 4 is 23.2 Å². The number of aryl methyl sites for hydroxylation is 1. The van der Waals surface area contributed by atoms with Crippen LogP contribution in [0, 0.1) is 6.92 Å². The Balaban J connectivity index is 0.000000424. The molecule has 0 aliphatic heterocycles. The third-order valence-electron chi connectivity index (χ3n) is 1.74. The van der Waals surface area contributed by atoms with Gasteiger partial charge >= 0.3 is 0 Å². The molecule has 0 nitrogen and oxygen atoms in total. The van der Waals surface area contributed by atoms with Gasteiger partial charge in [-0.05, 0) is 18.4 Å². The van der Waals surface area contributed by atoms with Crippen LogP contribution in [0.5, 0.6) is 0 Å². The molecule has 0 bridgehead atoms. The zero-order chi connectivity index (χ0) is 10.3. The topological polar surface area (TPSA) is 0 Å². The molecule has 0 atom stereocenters. The lowest BCUT2D eigenvalue weighted by Crippen LogP contribution is -1.85. The quantitative estimate of drug-likeness (QED) is 0.608. The number of halogens is 2. The Morgan fingerprint density at radius 3 is 1.77 bits per heavy atom. The van der Waals surface area contributed by atoms with Crippen LogP contribution >= 0.6 is 23.2 Å². The van der Waals surface area contributed by atoms with E-state index in [1.807, 2.05) is 0 Å². The molecule has 1 aromatic rings. The largest absolute Gasteiger partial charge is 0.109 e. The van der Waals surface area contributed by atoms with Crippen molar-refractivity contribution in [3.63, 3.8) is 0 Å². The lowest BCUT2D eigenvalue weighted by Gasteiger charge is -2.03. The average molecular weight is 219 g/mol. The Morgan fingerprint density at radius 1 is 1.08 bits per heavy atom. The maximum absolute atomic E-state index is 4.76. The Hall–Kier alpha value is -0.200. The minimum atomic E-state index is 0.194. The molecule has 74 valence electrons. The van der Waals surface area contributed by atoms with Crippen LogP contribution in [0.2, 0.25) is 0 Å². The first-order valence-corrected chi connectivity index (χ1v) is 5.37. The number of benzene rings is 1. The summed E-state index contributed by atoms with van der Waals surface area (Å²) in [6.45, 7) is 6.54. The number of rotatable bonds is 1. The van der Waals surface area contributed by atoms with Crippen molar-refractivity contribution in [2.75, 3.05) is 5.34 Å². The second-order valence-corrected chi connectivity index (χ2v) is 3.97. The molecule has 0 heterocycles. The summed E-state index contributed by atoms with van der Waals surface area (Å²) in [7, 11) is 0. The van der Waals surface area contributed by atoms with Gasteiger partial charge in [0.15, 0.2) is 0 Å². The summed E-state index contributed by atoms with van der Waals surface area (Å²) in [5, 5.41) is 0.194. The molecule has 0 fully saturated rings. The van der Waals surface area contributed by atoms with Crippen molar-refractivity contribution in [3.05, 3.63) is 35.4 Å². The third kappa shape index (κ3) is 5.95. The predicted octanol–water partition coefficient (Wildman–Crippen LogP) is 4.54. The SMILES string of the molecule is Cc1ccc(C(C)C)cc1.ClCCl. The Bertz CT molecular complexity index is 214. The third-order valence-corrected chi connectivity index (χ3v) is 1.74. The molecule has 0 spiro atoms. The van der Waals surface area contributed by atoms with Gasteiger partial charge in [-0.15, -0.1) is 23.2 Å². The predicted molar refractivity (Wildman–Crippen MR) is 61.8 cm³/mol. The smallest absolute Gasteiger partial charge is 0.0967 e. The highest BCUT2D eigenvalue weighted by atomic mass is 35.5. The van der Waals surface area contributed by atoms with Gasteiger partial charge in [0.1, 0.15) is 0 Å². The monoisotopic (exact) mass is 218 g/mol.